The van der Waals surface area contributed by atoms with Gasteiger partial charge in [-0.2, -0.15) is 0 Å². The van der Waals surface area contributed by atoms with E-state index in [0.29, 0.717) is 11.5 Å². The highest BCUT2D eigenvalue weighted by atomic mass is 19.1. The standard InChI is InChI=1S/C20H22FN5O/c1-25-13-23-24-19(25)10-14-6-8-26(9-7-14)20(27)18-12-22-11-17(18)15-2-4-16(21)5-3-15/h2-5,11-14,22H,6-10H2,1H3. The number of aryl methyl sites for hydroxylation is 1. The van der Waals surface area contributed by atoms with E-state index < -0.39 is 0 Å². The second-order valence-electron chi connectivity index (χ2n) is 7.09. The molecule has 6 nitrogen and oxygen atoms in total. The van der Waals surface area contributed by atoms with Gasteiger partial charge in [0.25, 0.3) is 5.91 Å². The summed E-state index contributed by atoms with van der Waals surface area (Å²) in [6.07, 6.45) is 8.04. The summed E-state index contributed by atoms with van der Waals surface area (Å²) in [7, 11) is 1.96. The summed E-state index contributed by atoms with van der Waals surface area (Å²) in [6, 6.07) is 6.22. The Labute approximate surface area is 157 Å². The van der Waals surface area contributed by atoms with Gasteiger partial charge in [-0.05, 0) is 36.5 Å². The largest absolute Gasteiger partial charge is 0.366 e. The zero-order chi connectivity index (χ0) is 18.8. The number of likely N-dealkylation sites (tertiary alicyclic amines) is 1. The number of halogens is 1. The van der Waals surface area contributed by atoms with Crippen LogP contribution < -0.4 is 0 Å². The molecule has 140 valence electrons. The normalized spacial score (nSPS) is 15.3. The Morgan fingerprint density at radius 1 is 1.22 bits per heavy atom. The van der Waals surface area contributed by atoms with E-state index >= 15 is 0 Å². The smallest absolute Gasteiger partial charge is 0.256 e. The van der Waals surface area contributed by atoms with E-state index in [9.17, 15) is 9.18 Å². The van der Waals surface area contributed by atoms with Gasteiger partial charge in [-0.15, -0.1) is 10.2 Å². The number of piperidine rings is 1. The Morgan fingerprint density at radius 2 is 1.96 bits per heavy atom. The minimum Gasteiger partial charge on any atom is -0.366 e. The number of nitrogens with zero attached hydrogens (tertiary/aromatic N) is 4. The van der Waals surface area contributed by atoms with Gasteiger partial charge in [-0.1, -0.05) is 12.1 Å². The maximum absolute atomic E-state index is 13.2. The number of aromatic amines is 1. The van der Waals surface area contributed by atoms with Crippen molar-refractivity contribution in [3.63, 3.8) is 0 Å². The average Bonchev–Trinajstić information content (AvgIpc) is 3.32. The van der Waals surface area contributed by atoms with Crippen molar-refractivity contribution >= 4 is 5.91 Å². The van der Waals surface area contributed by atoms with Crippen molar-refractivity contribution in [1.29, 1.82) is 0 Å². The second-order valence-corrected chi connectivity index (χ2v) is 7.09. The van der Waals surface area contributed by atoms with Crippen molar-refractivity contribution < 1.29 is 9.18 Å². The topological polar surface area (TPSA) is 66.8 Å². The maximum Gasteiger partial charge on any atom is 0.256 e. The Hall–Kier alpha value is -2.96. The second kappa shape index (κ2) is 7.34. The molecule has 0 spiro atoms. The van der Waals surface area contributed by atoms with Gasteiger partial charge in [0, 0.05) is 44.5 Å². The molecule has 0 radical (unpaired) electrons. The average molecular weight is 367 g/mol. The zero-order valence-electron chi connectivity index (χ0n) is 15.2. The highest BCUT2D eigenvalue weighted by Crippen LogP contribution is 2.27. The van der Waals surface area contributed by atoms with Crippen molar-refractivity contribution in [2.45, 2.75) is 19.3 Å². The molecule has 1 fully saturated rings. The Bertz CT molecular complexity index is 922. The highest BCUT2D eigenvalue weighted by molar-refractivity contribution is 6.00. The molecule has 0 atom stereocenters. The van der Waals surface area contributed by atoms with Crippen LogP contribution in [0, 0.1) is 11.7 Å². The van der Waals surface area contributed by atoms with Gasteiger partial charge >= 0.3 is 0 Å². The molecule has 0 aliphatic carbocycles. The third-order valence-electron chi connectivity index (χ3n) is 5.31. The van der Waals surface area contributed by atoms with Gasteiger partial charge in [-0.3, -0.25) is 4.79 Å². The highest BCUT2D eigenvalue weighted by Gasteiger charge is 2.26. The molecule has 1 amide bonds. The molecule has 1 aliphatic rings. The summed E-state index contributed by atoms with van der Waals surface area (Å²) in [6.45, 7) is 1.46. The summed E-state index contributed by atoms with van der Waals surface area (Å²) in [5.74, 6) is 1.24. The number of carbonyl (C=O) groups is 1. The van der Waals surface area contributed by atoms with Crippen molar-refractivity contribution in [2.24, 2.45) is 13.0 Å². The molecule has 4 rings (SSSR count). The van der Waals surface area contributed by atoms with Crippen molar-refractivity contribution in [3.05, 3.63) is 60.2 Å². The van der Waals surface area contributed by atoms with E-state index in [4.69, 9.17) is 0 Å². The molecule has 3 heterocycles. The van der Waals surface area contributed by atoms with Crippen molar-refractivity contribution in [3.8, 4) is 11.1 Å². The summed E-state index contributed by atoms with van der Waals surface area (Å²) in [4.78, 5) is 17.9. The SMILES string of the molecule is Cn1cnnc1CC1CCN(C(=O)c2c[nH]cc2-c2ccc(F)cc2)CC1. The Kier molecular flexibility index (Phi) is 4.75. The molecule has 1 aliphatic heterocycles. The maximum atomic E-state index is 13.2. The first kappa shape index (κ1) is 17.5. The molecule has 0 bridgehead atoms. The monoisotopic (exact) mass is 367 g/mol. The van der Waals surface area contributed by atoms with Crippen molar-refractivity contribution in [1.82, 2.24) is 24.6 Å². The van der Waals surface area contributed by atoms with Crippen molar-refractivity contribution in [2.75, 3.05) is 13.1 Å². The number of hydrogen-bond donors (Lipinski definition) is 1. The molecule has 27 heavy (non-hydrogen) atoms. The lowest BCUT2D eigenvalue weighted by molar-refractivity contribution is 0.0690. The summed E-state index contributed by atoms with van der Waals surface area (Å²) < 4.78 is 15.1. The molecule has 0 unspecified atom stereocenters. The first-order valence-corrected chi connectivity index (χ1v) is 9.16. The number of benzene rings is 1. The first-order chi connectivity index (χ1) is 13.1. The Morgan fingerprint density at radius 3 is 2.63 bits per heavy atom. The van der Waals surface area contributed by atoms with E-state index in [-0.39, 0.29) is 11.7 Å². The van der Waals surface area contributed by atoms with Gasteiger partial charge in [0.2, 0.25) is 0 Å². The quantitative estimate of drug-likeness (QED) is 0.771. The van der Waals surface area contributed by atoms with Crippen LogP contribution in [0.25, 0.3) is 11.1 Å². The zero-order valence-corrected chi connectivity index (χ0v) is 15.2. The number of nitrogens with one attached hydrogen (secondary N) is 1. The van der Waals surface area contributed by atoms with Crippen LogP contribution in [0.2, 0.25) is 0 Å². The number of aromatic nitrogens is 4. The summed E-state index contributed by atoms with van der Waals surface area (Å²) in [5, 5.41) is 8.09. The number of amides is 1. The van der Waals surface area contributed by atoms with E-state index in [1.165, 1.54) is 12.1 Å². The van der Waals surface area contributed by atoms with Crippen LogP contribution in [0.15, 0.2) is 43.0 Å². The fraction of sp³-hybridized carbons (Fsp3) is 0.350. The molecule has 3 aromatic rings. The van der Waals surface area contributed by atoms with E-state index in [0.717, 1.165) is 49.3 Å². The number of rotatable bonds is 4. The van der Waals surface area contributed by atoms with Gasteiger partial charge in [0.1, 0.15) is 18.0 Å². The molecular formula is C20H22FN5O. The van der Waals surface area contributed by atoms with Crippen LogP contribution >= 0.6 is 0 Å². The number of hydrogen-bond acceptors (Lipinski definition) is 3. The Balaban J connectivity index is 1.42. The predicted molar refractivity (Wildman–Crippen MR) is 99.5 cm³/mol. The lowest BCUT2D eigenvalue weighted by atomic mass is 9.92. The number of carbonyl (C=O) groups excluding carboxylic acids is 1. The molecule has 1 N–H and O–H groups in total. The molecule has 1 saturated heterocycles. The molecule has 2 aromatic heterocycles. The van der Waals surface area contributed by atoms with Crippen LogP contribution in [0.3, 0.4) is 0 Å². The van der Waals surface area contributed by atoms with E-state index in [2.05, 4.69) is 15.2 Å². The molecule has 1 aromatic carbocycles. The van der Waals surface area contributed by atoms with Gasteiger partial charge in [-0.25, -0.2) is 4.39 Å². The minimum atomic E-state index is -0.285. The van der Waals surface area contributed by atoms with Crippen LogP contribution in [0.4, 0.5) is 4.39 Å². The van der Waals surface area contributed by atoms with Crippen LogP contribution in [0.1, 0.15) is 29.0 Å². The van der Waals surface area contributed by atoms with E-state index in [1.54, 1.807) is 30.9 Å². The fourth-order valence-electron chi connectivity index (χ4n) is 3.67. The lowest BCUT2D eigenvalue weighted by Gasteiger charge is -2.32. The summed E-state index contributed by atoms with van der Waals surface area (Å²) in [5.41, 5.74) is 2.27. The van der Waals surface area contributed by atoms with Crippen LogP contribution in [-0.4, -0.2) is 43.6 Å². The van der Waals surface area contributed by atoms with Gasteiger partial charge in [0.05, 0.1) is 5.56 Å². The minimum absolute atomic E-state index is 0.0210. The first-order valence-electron chi connectivity index (χ1n) is 9.16. The molecular weight excluding hydrogens is 345 g/mol. The van der Waals surface area contributed by atoms with Crippen LogP contribution in [0.5, 0.6) is 0 Å². The van der Waals surface area contributed by atoms with E-state index in [1.807, 2.05) is 16.5 Å². The molecule has 0 saturated carbocycles. The lowest BCUT2D eigenvalue weighted by Crippen LogP contribution is -2.39. The fourth-order valence-corrected chi connectivity index (χ4v) is 3.67. The summed E-state index contributed by atoms with van der Waals surface area (Å²) >= 11 is 0. The predicted octanol–water partition coefficient (Wildman–Crippen LogP) is 3.04. The third kappa shape index (κ3) is 3.63. The van der Waals surface area contributed by atoms with Gasteiger partial charge < -0.3 is 14.5 Å². The third-order valence-corrected chi connectivity index (χ3v) is 5.31. The van der Waals surface area contributed by atoms with Gasteiger partial charge in [0.15, 0.2) is 0 Å². The molecule has 7 heteroatoms. The van der Waals surface area contributed by atoms with Crippen LogP contribution in [-0.2, 0) is 13.5 Å². The number of H-pyrrole nitrogens is 1.